The lowest BCUT2D eigenvalue weighted by molar-refractivity contribution is -0.659. The molecule has 0 fully saturated rings. The number of fused-ring (bicyclic) bond motifs is 4. The summed E-state index contributed by atoms with van der Waals surface area (Å²) in [5, 5.41) is 0. The van der Waals surface area contributed by atoms with Gasteiger partial charge in [-0.2, -0.15) is 0 Å². The fraction of sp³-hybridized carbons (Fsp3) is 0.211. The van der Waals surface area contributed by atoms with E-state index in [1.165, 1.54) is 38.9 Å². The zero-order valence-corrected chi connectivity index (χ0v) is 13.5. The summed E-state index contributed by atoms with van der Waals surface area (Å²) in [6, 6.07) is 8.83. The van der Waals surface area contributed by atoms with Crippen molar-refractivity contribution in [2.24, 2.45) is 14.1 Å². The summed E-state index contributed by atoms with van der Waals surface area (Å²) in [5.74, 6) is 0. The van der Waals surface area contributed by atoms with Crippen LogP contribution < -0.4 is 25.8 Å². The van der Waals surface area contributed by atoms with Gasteiger partial charge in [-0.05, 0) is 28.7 Å². The van der Waals surface area contributed by atoms with Gasteiger partial charge >= 0.3 is 6.71 Å². The number of pyridine rings is 3. The minimum Gasteiger partial charge on any atom is -0.264 e. The fourth-order valence-corrected chi connectivity index (χ4v) is 4.47. The molecule has 5 heterocycles. The second-order valence-corrected chi connectivity index (χ2v) is 6.72. The quantitative estimate of drug-likeness (QED) is 0.267. The van der Waals surface area contributed by atoms with Gasteiger partial charge in [0.25, 0.3) is 0 Å². The third kappa shape index (κ3) is 1.69. The van der Waals surface area contributed by atoms with Crippen molar-refractivity contribution in [2.75, 3.05) is 0 Å². The van der Waals surface area contributed by atoms with Crippen LogP contribution in [0.5, 0.6) is 0 Å². The van der Waals surface area contributed by atoms with E-state index in [4.69, 9.17) is 0 Å². The molecule has 3 aromatic rings. The highest BCUT2D eigenvalue weighted by molar-refractivity contribution is 6.95. The summed E-state index contributed by atoms with van der Waals surface area (Å²) in [6.45, 7) is 0.313. The molecule has 0 unspecified atom stereocenters. The third-order valence-electron chi connectivity index (χ3n) is 5.38. The van der Waals surface area contributed by atoms with Crippen LogP contribution in [0.4, 0.5) is 0 Å². The largest absolute Gasteiger partial charge is 0.407 e. The van der Waals surface area contributed by atoms with Crippen LogP contribution in [0.3, 0.4) is 0 Å². The second-order valence-electron chi connectivity index (χ2n) is 6.72. The van der Waals surface area contributed by atoms with E-state index in [0.29, 0.717) is 6.71 Å². The summed E-state index contributed by atoms with van der Waals surface area (Å²) in [4.78, 5) is 4.51. The van der Waals surface area contributed by atoms with Crippen molar-refractivity contribution in [1.29, 1.82) is 0 Å². The van der Waals surface area contributed by atoms with Gasteiger partial charge in [-0.25, -0.2) is 9.13 Å². The Balaban J connectivity index is 1.91. The third-order valence-corrected chi connectivity index (χ3v) is 5.38. The minimum absolute atomic E-state index is 0.313. The lowest BCUT2D eigenvalue weighted by Crippen LogP contribution is -2.75. The van der Waals surface area contributed by atoms with E-state index >= 15 is 0 Å². The molecule has 0 amide bonds. The van der Waals surface area contributed by atoms with Gasteiger partial charge in [-0.3, -0.25) is 4.98 Å². The first kappa shape index (κ1) is 13.0. The van der Waals surface area contributed by atoms with Crippen LogP contribution >= 0.6 is 0 Å². The smallest absolute Gasteiger partial charge is 0.264 e. The lowest BCUT2D eigenvalue weighted by Gasteiger charge is -2.28. The Hall–Kier alpha value is -2.49. The van der Waals surface area contributed by atoms with Gasteiger partial charge < -0.3 is 0 Å². The number of nitrogens with zero attached hydrogens (tertiary/aromatic N) is 3. The highest BCUT2D eigenvalue weighted by atomic mass is 14.9. The van der Waals surface area contributed by atoms with Crippen molar-refractivity contribution in [1.82, 2.24) is 4.98 Å². The molecule has 3 nitrogen and oxygen atoms in total. The molecule has 2 aliphatic heterocycles. The van der Waals surface area contributed by atoms with Crippen molar-refractivity contribution >= 4 is 23.4 Å². The molecule has 3 aromatic heterocycles. The van der Waals surface area contributed by atoms with Gasteiger partial charge in [0, 0.05) is 48.5 Å². The van der Waals surface area contributed by atoms with Gasteiger partial charge in [0.2, 0.25) is 0 Å². The maximum Gasteiger partial charge on any atom is 0.407 e. The van der Waals surface area contributed by atoms with E-state index in [1.807, 2.05) is 0 Å². The molecule has 0 saturated heterocycles. The van der Waals surface area contributed by atoms with Crippen molar-refractivity contribution in [3.63, 3.8) is 0 Å². The van der Waals surface area contributed by atoms with Crippen LogP contribution in [0.25, 0.3) is 0 Å². The van der Waals surface area contributed by atoms with Crippen LogP contribution in [0.1, 0.15) is 22.3 Å². The first-order valence-electron chi connectivity index (χ1n) is 8.14. The van der Waals surface area contributed by atoms with E-state index in [2.05, 4.69) is 77.3 Å². The maximum atomic E-state index is 4.51. The highest BCUT2D eigenvalue weighted by Crippen LogP contribution is 2.19. The molecule has 2 aliphatic rings. The predicted molar refractivity (Wildman–Crippen MR) is 89.7 cm³/mol. The van der Waals surface area contributed by atoms with E-state index in [9.17, 15) is 0 Å². The zero-order chi connectivity index (χ0) is 15.6. The normalized spacial score (nSPS) is 14.1. The lowest BCUT2D eigenvalue weighted by atomic mass is 9.33. The average Bonchev–Trinajstić information content (AvgIpc) is 2.55. The van der Waals surface area contributed by atoms with Gasteiger partial charge in [-0.15, -0.1) is 0 Å². The van der Waals surface area contributed by atoms with E-state index in [-0.39, 0.29) is 0 Å². The molecule has 4 heteroatoms. The number of aryl methyl sites for hydroxylation is 2. The van der Waals surface area contributed by atoms with Crippen molar-refractivity contribution in [2.45, 2.75) is 12.8 Å². The first-order valence-corrected chi connectivity index (χ1v) is 8.14. The molecular weight excluding hydrogens is 281 g/mol. The van der Waals surface area contributed by atoms with Crippen LogP contribution in [0.2, 0.25) is 0 Å². The van der Waals surface area contributed by atoms with E-state index < -0.39 is 0 Å². The minimum atomic E-state index is 0.313. The van der Waals surface area contributed by atoms with Crippen LogP contribution in [-0.2, 0) is 26.9 Å². The average molecular weight is 299 g/mol. The first-order chi connectivity index (χ1) is 11.2. The number of hydrogen-bond donors (Lipinski definition) is 0. The Morgan fingerprint density at radius 2 is 1.35 bits per heavy atom. The van der Waals surface area contributed by atoms with Crippen LogP contribution in [0, 0.1) is 0 Å². The maximum absolute atomic E-state index is 4.51. The molecule has 0 aromatic carbocycles. The van der Waals surface area contributed by atoms with Crippen molar-refractivity contribution in [3.8, 4) is 0 Å². The summed E-state index contributed by atoms with van der Waals surface area (Å²) in [5.41, 5.74) is 9.96. The van der Waals surface area contributed by atoms with Crippen molar-refractivity contribution < 1.29 is 9.13 Å². The Morgan fingerprint density at radius 1 is 0.826 bits per heavy atom. The second kappa shape index (κ2) is 4.51. The summed E-state index contributed by atoms with van der Waals surface area (Å²) >= 11 is 0. The summed E-state index contributed by atoms with van der Waals surface area (Å²) < 4.78 is 4.60. The summed E-state index contributed by atoms with van der Waals surface area (Å²) in [7, 11) is 4.34. The fourth-order valence-electron chi connectivity index (χ4n) is 4.47. The van der Waals surface area contributed by atoms with Crippen LogP contribution in [0.15, 0.2) is 49.1 Å². The molecule has 110 valence electrons. The Labute approximate surface area is 136 Å². The van der Waals surface area contributed by atoms with E-state index in [0.717, 1.165) is 12.8 Å². The molecule has 0 radical (unpaired) electrons. The molecule has 23 heavy (non-hydrogen) atoms. The monoisotopic (exact) mass is 299 g/mol. The topological polar surface area (TPSA) is 20.6 Å². The predicted octanol–water partition coefficient (Wildman–Crippen LogP) is -0.945. The standard InChI is InChI=1S/C19H18BN3/c1-22-7-3-5-13-9-15-11-21-12-16-10-14-6-4-8-23(2)19(14)20(17(15)16)18(13)22/h3-8,11-12H,9-10H2,1-2H3/q+2. The Morgan fingerprint density at radius 3 is 1.87 bits per heavy atom. The molecule has 5 rings (SSSR count). The molecule has 0 saturated carbocycles. The van der Waals surface area contributed by atoms with Gasteiger partial charge in [0.05, 0.1) is 0 Å². The SMILES string of the molecule is C[n+]1cccc2c1B1c3c(cncc3Cc3ccc[n+](C)c31)C2. The Bertz CT molecular complexity index is 858. The van der Waals surface area contributed by atoms with Gasteiger partial charge in [0.1, 0.15) is 14.1 Å². The van der Waals surface area contributed by atoms with E-state index in [1.54, 1.807) is 0 Å². The van der Waals surface area contributed by atoms with Crippen molar-refractivity contribution in [3.05, 3.63) is 71.3 Å². The number of hydrogen-bond acceptors (Lipinski definition) is 1. The molecule has 0 aliphatic carbocycles. The highest BCUT2D eigenvalue weighted by Gasteiger charge is 2.47. The Kier molecular flexibility index (Phi) is 2.55. The molecule has 0 bridgehead atoms. The van der Waals surface area contributed by atoms with Gasteiger partial charge in [0.15, 0.2) is 23.6 Å². The zero-order valence-electron chi connectivity index (χ0n) is 13.5. The molecule has 0 N–H and O–H groups in total. The molecule has 0 spiro atoms. The molecule has 0 atom stereocenters. The summed E-state index contributed by atoms with van der Waals surface area (Å²) in [6.07, 6.45) is 10.4. The molecular formula is C19H18BN3+2. The van der Waals surface area contributed by atoms with Crippen LogP contribution in [-0.4, -0.2) is 11.7 Å². The van der Waals surface area contributed by atoms with Gasteiger partial charge in [-0.1, -0.05) is 0 Å². The number of aromatic nitrogens is 3. The number of rotatable bonds is 0.